The van der Waals surface area contributed by atoms with Gasteiger partial charge >= 0.3 is 18.4 Å². The van der Waals surface area contributed by atoms with Gasteiger partial charge in [0.1, 0.15) is 17.0 Å². The van der Waals surface area contributed by atoms with E-state index >= 15 is 0 Å². The topological polar surface area (TPSA) is 88.1 Å². The Kier molecular flexibility index (Phi) is 14.0. The number of unbranched alkanes of at least 4 members (excludes halogenated alkanes) is 6. The monoisotopic (exact) mass is 716 g/mol. The number of ether oxygens (including phenoxy) is 2. The number of carbonyl (C=O) groups excluding carboxylic acids is 2. The quantitative estimate of drug-likeness (QED) is 0.0860. The minimum atomic E-state index is -6.00. The van der Waals surface area contributed by atoms with Gasteiger partial charge in [0.2, 0.25) is 0 Å². The van der Waals surface area contributed by atoms with Crippen LogP contribution in [0.5, 0.6) is 11.5 Å². The third-order valence-electron chi connectivity index (χ3n) is 8.90. The second-order valence-electron chi connectivity index (χ2n) is 13.4. The molecule has 1 fully saturated rings. The molecule has 0 spiro atoms. The van der Waals surface area contributed by atoms with Gasteiger partial charge in [0.25, 0.3) is 11.5 Å². The highest BCUT2D eigenvalue weighted by molar-refractivity contribution is 6.07. The van der Waals surface area contributed by atoms with Crippen molar-refractivity contribution >= 4 is 11.9 Å². The Hall–Kier alpha value is -3.48. The number of nitrogens with zero attached hydrogens (tertiary/aromatic N) is 1. The zero-order valence-electron chi connectivity index (χ0n) is 29.5. The molecule has 1 heterocycles. The number of aliphatic hydroxyl groups is 1. The van der Waals surface area contributed by atoms with Gasteiger partial charge in [-0.2, -0.15) is 26.3 Å². The average Bonchev–Trinajstić information content (AvgIpc) is 3.25. The number of nitrogens with one attached hydrogen (secondary N) is 1. The van der Waals surface area contributed by atoms with Gasteiger partial charge < -0.3 is 19.9 Å². The molecule has 0 aliphatic carbocycles. The van der Waals surface area contributed by atoms with E-state index in [-0.39, 0.29) is 49.0 Å². The molecule has 280 valence electrons. The summed E-state index contributed by atoms with van der Waals surface area (Å²) < 4.78 is 94.9. The van der Waals surface area contributed by atoms with Crippen LogP contribution in [-0.2, 0) is 28.8 Å². The van der Waals surface area contributed by atoms with Gasteiger partial charge in [0.05, 0.1) is 12.7 Å². The Morgan fingerprint density at radius 3 is 1.96 bits per heavy atom. The molecule has 2 aromatic carbocycles. The molecule has 3 amide bonds. The van der Waals surface area contributed by atoms with Crippen LogP contribution < -0.4 is 14.8 Å². The first-order valence-corrected chi connectivity index (χ1v) is 17.5. The number of benzene rings is 2. The third-order valence-corrected chi connectivity index (χ3v) is 8.90. The molecule has 1 aliphatic heterocycles. The number of imide groups is 1. The van der Waals surface area contributed by atoms with E-state index in [1.807, 2.05) is 13.8 Å². The highest BCUT2D eigenvalue weighted by atomic mass is 19.4. The lowest BCUT2D eigenvalue weighted by Gasteiger charge is -2.33. The van der Waals surface area contributed by atoms with Crippen molar-refractivity contribution in [3.05, 3.63) is 58.7 Å². The van der Waals surface area contributed by atoms with E-state index in [4.69, 9.17) is 9.47 Å². The lowest BCUT2D eigenvalue weighted by molar-refractivity contribution is -0.376. The first kappa shape index (κ1) is 40.9. The summed E-state index contributed by atoms with van der Waals surface area (Å²) in [5.74, 6) is 0.414. The number of carbonyl (C=O) groups is 2. The molecule has 13 heteroatoms. The summed E-state index contributed by atoms with van der Waals surface area (Å²) in [4.78, 5) is 27.3. The van der Waals surface area contributed by atoms with Crippen molar-refractivity contribution in [1.82, 2.24) is 10.2 Å². The van der Waals surface area contributed by atoms with Crippen LogP contribution in [0.25, 0.3) is 0 Å². The molecule has 1 atom stereocenters. The minimum absolute atomic E-state index is 0.0305. The molecule has 2 aromatic rings. The van der Waals surface area contributed by atoms with E-state index in [0.29, 0.717) is 37.0 Å². The van der Waals surface area contributed by atoms with Gasteiger partial charge in [-0.15, -0.1) is 0 Å². The maximum atomic E-state index is 13.9. The largest absolute Gasteiger partial charge is 0.493 e. The molecule has 1 saturated heterocycles. The van der Waals surface area contributed by atoms with Crippen molar-refractivity contribution in [3.8, 4) is 11.5 Å². The summed E-state index contributed by atoms with van der Waals surface area (Å²) in [6.45, 7) is 9.33. The summed E-state index contributed by atoms with van der Waals surface area (Å²) in [7, 11) is 0. The molecule has 7 nitrogen and oxygen atoms in total. The first-order valence-electron chi connectivity index (χ1n) is 17.5. The lowest BCUT2D eigenvalue weighted by atomic mass is 9.87. The van der Waals surface area contributed by atoms with Crippen LogP contribution >= 0.6 is 0 Å². The maximum absolute atomic E-state index is 13.9. The molecule has 0 saturated carbocycles. The zero-order chi connectivity index (χ0) is 37.3. The molecule has 2 N–H and O–H groups in total. The maximum Gasteiger partial charge on any atom is 0.430 e. The van der Waals surface area contributed by atoms with E-state index in [1.54, 1.807) is 38.1 Å². The average molecular weight is 717 g/mol. The fraction of sp³-hybridized carbons (Fsp3) is 0.622. The molecular formula is C37H50F6N2O5. The Morgan fingerprint density at radius 1 is 0.820 bits per heavy atom. The number of aryl methyl sites for hydroxylation is 2. The Morgan fingerprint density at radius 2 is 1.40 bits per heavy atom. The first-order chi connectivity index (χ1) is 23.4. The molecule has 0 bridgehead atoms. The summed E-state index contributed by atoms with van der Waals surface area (Å²) >= 11 is 0. The van der Waals surface area contributed by atoms with E-state index in [9.17, 15) is 41.0 Å². The molecule has 1 aliphatic rings. The number of rotatable bonds is 19. The molecule has 1 unspecified atom stereocenters. The minimum Gasteiger partial charge on any atom is -0.493 e. The van der Waals surface area contributed by atoms with Gasteiger partial charge in [-0.3, -0.25) is 9.69 Å². The SMILES string of the molecule is CCCCCCCCc1cc(C(O)(C(F)(F)F)C(F)(F)F)cc(CCC)c1OCCCCN1C(=O)NC(C)(c2ccc(OC(C)C)cc2)C1=O. The van der Waals surface area contributed by atoms with Crippen molar-refractivity contribution in [3.63, 3.8) is 0 Å². The molecule has 3 rings (SSSR count). The van der Waals surface area contributed by atoms with Gasteiger partial charge in [0, 0.05) is 12.1 Å². The van der Waals surface area contributed by atoms with Crippen LogP contribution in [0.15, 0.2) is 36.4 Å². The van der Waals surface area contributed by atoms with Crippen LogP contribution in [0.3, 0.4) is 0 Å². The van der Waals surface area contributed by atoms with E-state index < -0.39 is 41.0 Å². The smallest absolute Gasteiger partial charge is 0.430 e. The Labute approximate surface area is 290 Å². The Bertz CT molecular complexity index is 1410. The van der Waals surface area contributed by atoms with E-state index in [1.165, 1.54) is 0 Å². The van der Waals surface area contributed by atoms with Gasteiger partial charge in [0.15, 0.2) is 0 Å². The molecule has 0 aromatic heterocycles. The summed E-state index contributed by atoms with van der Waals surface area (Å²) in [5.41, 5.74) is -6.70. The third kappa shape index (κ3) is 9.44. The number of urea groups is 1. The second-order valence-corrected chi connectivity index (χ2v) is 13.4. The zero-order valence-corrected chi connectivity index (χ0v) is 29.5. The summed E-state index contributed by atoms with van der Waals surface area (Å²) in [6.07, 6.45) is -5.51. The van der Waals surface area contributed by atoms with Crippen LogP contribution in [0.4, 0.5) is 31.1 Å². The predicted octanol–water partition coefficient (Wildman–Crippen LogP) is 9.27. The van der Waals surface area contributed by atoms with Gasteiger partial charge in [-0.25, -0.2) is 4.79 Å². The predicted molar refractivity (Wildman–Crippen MR) is 178 cm³/mol. The van der Waals surface area contributed by atoms with Crippen molar-refractivity contribution < 1.29 is 50.5 Å². The number of alkyl halides is 6. The van der Waals surface area contributed by atoms with Crippen molar-refractivity contribution in [2.24, 2.45) is 0 Å². The Balaban J connectivity index is 1.76. The van der Waals surface area contributed by atoms with Gasteiger partial charge in [-0.05, 0) is 93.8 Å². The molecular weight excluding hydrogens is 666 g/mol. The van der Waals surface area contributed by atoms with Crippen molar-refractivity contribution in [2.45, 2.75) is 135 Å². The summed E-state index contributed by atoms with van der Waals surface area (Å²) in [6, 6.07) is 7.88. The highest BCUT2D eigenvalue weighted by Crippen LogP contribution is 2.51. The lowest BCUT2D eigenvalue weighted by Crippen LogP contribution is -2.54. The van der Waals surface area contributed by atoms with Crippen LogP contribution in [0.2, 0.25) is 0 Å². The number of hydrogen-bond donors (Lipinski definition) is 2. The number of amides is 3. The fourth-order valence-corrected chi connectivity index (χ4v) is 6.15. The van der Waals surface area contributed by atoms with Crippen molar-refractivity contribution in [2.75, 3.05) is 13.2 Å². The normalized spacial score (nSPS) is 17.1. The highest BCUT2D eigenvalue weighted by Gasteiger charge is 2.71. The number of hydrogen-bond acceptors (Lipinski definition) is 5. The van der Waals surface area contributed by atoms with Crippen LogP contribution in [0.1, 0.15) is 115 Å². The standard InChI is InChI=1S/C37H50F6N2O5/c1-6-8-9-10-11-12-16-27-24-29(35(48,36(38,39)40)37(41,42)43)23-26(15-7-2)31(27)49-22-14-13-21-45-32(46)34(5,44-33(45)47)28-17-19-30(20-18-28)50-25(3)4/h17-20,23-25,48H,6-16,21-22H2,1-5H3,(H,44,47). The van der Waals surface area contributed by atoms with E-state index in [2.05, 4.69) is 12.2 Å². The number of halogens is 6. The van der Waals surface area contributed by atoms with Crippen LogP contribution in [-0.4, -0.2) is 53.6 Å². The van der Waals surface area contributed by atoms with Gasteiger partial charge in [-0.1, -0.05) is 64.5 Å². The molecule has 50 heavy (non-hydrogen) atoms. The van der Waals surface area contributed by atoms with E-state index in [0.717, 1.165) is 49.1 Å². The molecule has 0 radical (unpaired) electrons. The summed E-state index contributed by atoms with van der Waals surface area (Å²) in [5, 5.41) is 13.0. The van der Waals surface area contributed by atoms with Crippen molar-refractivity contribution in [1.29, 1.82) is 0 Å². The fourth-order valence-electron chi connectivity index (χ4n) is 6.15. The second kappa shape index (κ2) is 17.2. The van der Waals surface area contributed by atoms with Crippen LogP contribution in [0, 0.1) is 0 Å².